The molecular formula is C80H75N7O9. The molecule has 2 aromatic heterocycles. The molecule has 12 aromatic rings. The van der Waals surface area contributed by atoms with Gasteiger partial charge in [-0.25, -0.2) is 9.59 Å². The third-order valence-corrected chi connectivity index (χ3v) is 17.0. The summed E-state index contributed by atoms with van der Waals surface area (Å²) in [6.45, 7) is 16.1. The second kappa shape index (κ2) is 27.3. The van der Waals surface area contributed by atoms with Crippen molar-refractivity contribution >= 4 is 83.7 Å². The Kier molecular flexibility index (Phi) is 18.4. The molecular weight excluding hydrogens is 1200 g/mol. The lowest BCUT2D eigenvalue weighted by molar-refractivity contribution is 0.104. The molecule has 0 saturated heterocycles. The number of hydrogen-bond donors (Lipinski definition) is 5. The van der Waals surface area contributed by atoms with Gasteiger partial charge in [-0.2, -0.15) is 0 Å². The number of fused-ring (bicyclic) bond motifs is 4. The maximum Gasteiger partial charge on any atom is 0.411 e. The number of ether oxygens (including phenoxy) is 5. The SMILES string of the molecule is CCOC(=O)Nc1ccccc1-c1ncc2c(Oc3ccc(C(C)(C)CC(C)(C)C)cc3)cc(Nc3ccc(OC)cc3)c3c2c1-c1ccccc1C3=O.CNC(=O)Nc1ccccc1-c1[nH]cc2c(Oc3cccc(C)c3)cc(=NCCOC)c3c(=O)c4ccccc4c1c23. The average Bonchev–Trinajstić information content (AvgIpc) is 0.719. The van der Waals surface area contributed by atoms with Crippen LogP contribution in [0.2, 0.25) is 0 Å². The second-order valence-electron chi connectivity index (χ2n) is 25.4. The first kappa shape index (κ1) is 64.7. The van der Waals surface area contributed by atoms with Crippen LogP contribution in [0.4, 0.5) is 32.3 Å². The highest BCUT2D eigenvalue weighted by molar-refractivity contribution is 6.31. The van der Waals surface area contributed by atoms with Crippen LogP contribution in [0.3, 0.4) is 0 Å². The smallest absolute Gasteiger partial charge is 0.411 e. The molecule has 484 valence electrons. The number of ketones is 1. The Morgan fingerprint density at radius 3 is 1.93 bits per heavy atom. The maximum atomic E-state index is 14.6. The summed E-state index contributed by atoms with van der Waals surface area (Å²) >= 11 is 0. The number of para-hydroxylation sites is 2. The number of methoxy groups -OCH3 is 2. The van der Waals surface area contributed by atoms with Crippen LogP contribution >= 0.6 is 0 Å². The van der Waals surface area contributed by atoms with Gasteiger partial charge in [0.05, 0.1) is 71.6 Å². The third kappa shape index (κ3) is 13.2. The van der Waals surface area contributed by atoms with Crippen molar-refractivity contribution in [3.63, 3.8) is 0 Å². The number of carbonyl (C=O) groups excluding carboxylic acids is 3. The van der Waals surface area contributed by atoms with Crippen LogP contribution in [0.1, 0.15) is 75.0 Å². The molecule has 1 aliphatic rings. The first-order chi connectivity index (χ1) is 46.4. The van der Waals surface area contributed by atoms with Gasteiger partial charge in [-0.3, -0.25) is 24.9 Å². The number of rotatable bonds is 17. The van der Waals surface area contributed by atoms with E-state index in [2.05, 4.69) is 73.0 Å². The summed E-state index contributed by atoms with van der Waals surface area (Å²) in [5.74, 6) is 3.05. The van der Waals surface area contributed by atoms with Crippen molar-refractivity contribution in [1.82, 2.24) is 15.3 Å². The van der Waals surface area contributed by atoms with Gasteiger partial charge in [0.15, 0.2) is 11.2 Å². The van der Waals surface area contributed by atoms with Gasteiger partial charge >= 0.3 is 12.1 Å². The van der Waals surface area contributed by atoms with E-state index in [0.29, 0.717) is 102 Å². The highest BCUT2D eigenvalue weighted by atomic mass is 16.5. The summed E-state index contributed by atoms with van der Waals surface area (Å²) in [5.41, 5.74) is 10.2. The first-order valence-corrected chi connectivity index (χ1v) is 31.9. The minimum atomic E-state index is -0.565. The predicted octanol–water partition coefficient (Wildman–Crippen LogP) is 18.3. The number of amides is 3. The lowest BCUT2D eigenvalue weighted by Crippen LogP contribution is -2.24. The van der Waals surface area contributed by atoms with Crippen molar-refractivity contribution in [3.05, 3.63) is 232 Å². The molecule has 5 N–H and O–H groups in total. The Balaban J connectivity index is 0.000000189. The minimum absolute atomic E-state index is 0.0288. The largest absolute Gasteiger partial charge is 0.497 e. The van der Waals surface area contributed by atoms with Crippen molar-refractivity contribution < 1.29 is 38.1 Å². The van der Waals surface area contributed by atoms with E-state index in [9.17, 15) is 19.2 Å². The predicted molar refractivity (Wildman–Crippen MR) is 384 cm³/mol. The zero-order valence-corrected chi connectivity index (χ0v) is 55.4. The number of hydrogen-bond acceptors (Lipinski definition) is 12. The lowest BCUT2D eigenvalue weighted by Gasteiger charge is -2.33. The first-order valence-electron chi connectivity index (χ1n) is 31.9. The van der Waals surface area contributed by atoms with E-state index in [1.807, 2.05) is 183 Å². The highest BCUT2D eigenvalue weighted by Gasteiger charge is 2.34. The van der Waals surface area contributed by atoms with E-state index in [0.717, 1.165) is 67.4 Å². The summed E-state index contributed by atoms with van der Waals surface area (Å²) in [5, 5.41) is 18.1. The summed E-state index contributed by atoms with van der Waals surface area (Å²) in [6.07, 6.45) is 4.08. The normalized spacial score (nSPS) is 12.1. The van der Waals surface area contributed by atoms with Gasteiger partial charge in [0.1, 0.15) is 28.7 Å². The summed E-state index contributed by atoms with van der Waals surface area (Å²) in [6, 6.07) is 57.2. The number of benzene rings is 10. The molecule has 0 spiro atoms. The molecule has 13 rings (SSSR count). The van der Waals surface area contributed by atoms with E-state index in [1.165, 1.54) is 5.56 Å². The van der Waals surface area contributed by atoms with Gasteiger partial charge < -0.3 is 44.6 Å². The van der Waals surface area contributed by atoms with Crippen LogP contribution < -0.4 is 46.3 Å². The number of H-pyrrole nitrogens is 1. The molecule has 1 aliphatic carbocycles. The Morgan fingerprint density at radius 2 is 1.24 bits per heavy atom. The average molecular weight is 1280 g/mol. The van der Waals surface area contributed by atoms with Crippen LogP contribution in [-0.2, 0) is 14.9 Å². The van der Waals surface area contributed by atoms with Gasteiger partial charge in [0.2, 0.25) is 0 Å². The van der Waals surface area contributed by atoms with Gasteiger partial charge in [-0.05, 0) is 114 Å². The zero-order valence-electron chi connectivity index (χ0n) is 55.4. The van der Waals surface area contributed by atoms with E-state index >= 15 is 0 Å². The molecule has 0 aliphatic heterocycles. The molecule has 2 heterocycles. The molecule has 16 heteroatoms. The maximum absolute atomic E-state index is 14.6. The van der Waals surface area contributed by atoms with Gasteiger partial charge in [-0.15, -0.1) is 0 Å². The van der Waals surface area contributed by atoms with Gasteiger partial charge in [-0.1, -0.05) is 144 Å². The highest BCUT2D eigenvalue weighted by Crippen LogP contribution is 2.51. The van der Waals surface area contributed by atoms with E-state index < -0.39 is 6.09 Å². The van der Waals surface area contributed by atoms with E-state index in [1.54, 1.807) is 34.4 Å². The number of aryl methyl sites for hydroxylation is 1. The third-order valence-electron chi connectivity index (χ3n) is 17.0. The van der Waals surface area contributed by atoms with Crippen LogP contribution in [0.5, 0.6) is 28.7 Å². The van der Waals surface area contributed by atoms with Crippen molar-refractivity contribution in [1.29, 1.82) is 0 Å². The fourth-order valence-corrected chi connectivity index (χ4v) is 13.1. The van der Waals surface area contributed by atoms with E-state index in [-0.39, 0.29) is 34.7 Å². The standard InChI is InChI=1S/C46H45N3O5.C34H30N4O4/c1-8-53-44(51)49-36-16-12-11-15-34(36)42-40-32-13-9-10-14-33(32)43(50)41-37(48-29-19-23-30(52-7)24-20-29)25-38(35(26-47-42)39(40)41)54-31-21-17-28(18-22-31)46(5,6)27-45(2,3)4;1-20-9-8-10-21(17-20)42-28-18-27(36-15-16-41-3)31-29-25(28)19-37-32(24-13-6-7-14-26(24)38-34(40)35-2)30(29)22-11-4-5-12-23(22)33(31)39/h9-26,48H,8,27H2,1-7H3,(H,49,51);4-14,17-19,37H,15-16H2,1-3H3,(H2,35,38,40). The molecule has 0 unspecified atom stereocenters. The molecule has 10 aromatic carbocycles. The number of carbonyl (C=O) groups is 3. The Labute approximate surface area is 556 Å². The molecule has 0 bridgehead atoms. The fourth-order valence-electron chi connectivity index (χ4n) is 13.1. The fraction of sp³-hybridized carbons (Fsp3) is 0.200. The number of nitrogens with zero attached hydrogens (tertiary/aromatic N) is 2. The number of nitrogens with one attached hydrogen (secondary N) is 5. The molecule has 0 saturated carbocycles. The lowest BCUT2D eigenvalue weighted by atomic mass is 9.72. The van der Waals surface area contributed by atoms with Crippen LogP contribution in [-0.4, -0.2) is 68.9 Å². The van der Waals surface area contributed by atoms with E-state index in [4.69, 9.17) is 33.7 Å². The number of pyridine rings is 2. The molecule has 96 heavy (non-hydrogen) atoms. The quantitative estimate of drug-likeness (QED) is 0.0330. The number of aromatic nitrogens is 2. The number of urea groups is 1. The Bertz CT molecular complexity index is 5100. The summed E-state index contributed by atoms with van der Waals surface area (Å²) in [7, 11) is 4.82. The number of anilines is 4. The second-order valence-corrected chi connectivity index (χ2v) is 25.4. The monoisotopic (exact) mass is 1280 g/mol. The molecule has 0 atom stereocenters. The van der Waals surface area contributed by atoms with Crippen molar-refractivity contribution in [2.24, 2.45) is 10.4 Å². The molecule has 0 fully saturated rings. The summed E-state index contributed by atoms with van der Waals surface area (Å²) in [4.78, 5) is 67.1. The van der Waals surface area contributed by atoms with Gasteiger partial charge in [0, 0.05) is 98.9 Å². The molecule has 3 amide bonds. The zero-order chi connectivity index (χ0) is 67.4. The van der Waals surface area contributed by atoms with Crippen molar-refractivity contribution in [2.45, 2.75) is 60.3 Å². The molecule has 0 radical (unpaired) electrons. The topological polar surface area (TPSA) is 204 Å². The van der Waals surface area contributed by atoms with Crippen LogP contribution in [0.25, 0.3) is 76.7 Å². The number of aromatic amines is 1. The minimum Gasteiger partial charge on any atom is -0.497 e. The van der Waals surface area contributed by atoms with Crippen LogP contribution in [0, 0.1) is 12.3 Å². The molecule has 16 nitrogen and oxygen atoms in total. The Morgan fingerprint density at radius 1 is 0.594 bits per heavy atom. The van der Waals surface area contributed by atoms with Gasteiger partial charge in [0.25, 0.3) is 0 Å². The Hall–Kier alpha value is -11.4. The van der Waals surface area contributed by atoms with Crippen molar-refractivity contribution in [3.8, 4) is 62.4 Å². The van der Waals surface area contributed by atoms with Crippen LogP contribution in [0.15, 0.2) is 204 Å². The summed E-state index contributed by atoms with van der Waals surface area (Å²) < 4.78 is 29.1. The van der Waals surface area contributed by atoms with Crippen molar-refractivity contribution in [2.75, 3.05) is 57.0 Å².